The van der Waals surface area contributed by atoms with Crippen molar-refractivity contribution in [2.45, 2.75) is 27.0 Å². The van der Waals surface area contributed by atoms with Gasteiger partial charge >= 0.3 is 5.97 Å². The SMILES string of the molecule is CCn1nc(C)c(Cl)c1COc1cc(F)ccc1C(=O)O. The van der Waals surface area contributed by atoms with Gasteiger partial charge in [-0.25, -0.2) is 9.18 Å². The molecule has 21 heavy (non-hydrogen) atoms. The van der Waals surface area contributed by atoms with Gasteiger partial charge in [0.25, 0.3) is 0 Å². The van der Waals surface area contributed by atoms with Gasteiger partial charge in [-0.2, -0.15) is 5.10 Å². The summed E-state index contributed by atoms with van der Waals surface area (Å²) in [6.07, 6.45) is 0. The minimum absolute atomic E-state index is 0.0112. The van der Waals surface area contributed by atoms with Crippen molar-refractivity contribution in [1.82, 2.24) is 9.78 Å². The molecule has 0 aliphatic rings. The summed E-state index contributed by atoms with van der Waals surface area (Å²) in [4.78, 5) is 11.1. The van der Waals surface area contributed by atoms with Gasteiger partial charge in [-0.1, -0.05) is 11.6 Å². The van der Waals surface area contributed by atoms with Crippen molar-refractivity contribution >= 4 is 17.6 Å². The molecule has 0 radical (unpaired) electrons. The number of rotatable bonds is 5. The summed E-state index contributed by atoms with van der Waals surface area (Å²) in [5, 5.41) is 13.8. The maximum atomic E-state index is 13.2. The predicted molar refractivity (Wildman–Crippen MR) is 75.3 cm³/mol. The van der Waals surface area contributed by atoms with E-state index in [0.717, 1.165) is 18.2 Å². The largest absolute Gasteiger partial charge is 0.486 e. The molecule has 0 saturated carbocycles. The van der Waals surface area contributed by atoms with E-state index in [1.807, 2.05) is 6.92 Å². The number of halogens is 2. The van der Waals surface area contributed by atoms with Crippen LogP contribution in [0.5, 0.6) is 5.75 Å². The van der Waals surface area contributed by atoms with Crippen LogP contribution in [0.15, 0.2) is 18.2 Å². The number of carboxylic acid groups (broad SMARTS) is 1. The summed E-state index contributed by atoms with van der Waals surface area (Å²) in [6, 6.07) is 3.28. The van der Waals surface area contributed by atoms with E-state index in [1.54, 1.807) is 11.6 Å². The number of aromatic nitrogens is 2. The maximum Gasteiger partial charge on any atom is 0.339 e. The lowest BCUT2D eigenvalue weighted by Crippen LogP contribution is -2.09. The number of hydrogen-bond acceptors (Lipinski definition) is 3. The fraction of sp³-hybridized carbons (Fsp3) is 0.286. The number of aromatic carboxylic acids is 1. The van der Waals surface area contributed by atoms with Crippen LogP contribution in [0.25, 0.3) is 0 Å². The monoisotopic (exact) mass is 312 g/mol. The highest BCUT2D eigenvalue weighted by atomic mass is 35.5. The lowest BCUT2D eigenvalue weighted by molar-refractivity contribution is 0.0691. The van der Waals surface area contributed by atoms with Crippen molar-refractivity contribution < 1.29 is 19.0 Å². The third-order valence-corrected chi connectivity index (χ3v) is 3.48. The molecule has 2 rings (SSSR count). The second kappa shape index (κ2) is 6.13. The Morgan fingerprint density at radius 1 is 1.52 bits per heavy atom. The van der Waals surface area contributed by atoms with Gasteiger partial charge in [-0.05, 0) is 26.0 Å². The normalized spacial score (nSPS) is 10.7. The van der Waals surface area contributed by atoms with Crippen LogP contribution in [0.4, 0.5) is 4.39 Å². The summed E-state index contributed by atoms with van der Waals surface area (Å²) >= 11 is 6.14. The molecular weight excluding hydrogens is 299 g/mol. The van der Waals surface area contributed by atoms with Crippen LogP contribution >= 0.6 is 11.6 Å². The van der Waals surface area contributed by atoms with Gasteiger partial charge in [0.1, 0.15) is 23.7 Å². The third-order valence-electron chi connectivity index (χ3n) is 2.99. The Morgan fingerprint density at radius 2 is 2.24 bits per heavy atom. The van der Waals surface area contributed by atoms with Crippen molar-refractivity contribution in [2.24, 2.45) is 0 Å². The van der Waals surface area contributed by atoms with Crippen molar-refractivity contribution in [1.29, 1.82) is 0 Å². The highest BCUT2D eigenvalue weighted by Gasteiger charge is 2.16. The molecule has 5 nitrogen and oxygen atoms in total. The van der Waals surface area contributed by atoms with Crippen LogP contribution in [0.3, 0.4) is 0 Å². The molecule has 0 bridgehead atoms. The van der Waals surface area contributed by atoms with E-state index in [1.165, 1.54) is 0 Å². The molecule has 0 atom stereocenters. The Kier molecular flexibility index (Phi) is 4.47. The molecule has 2 aromatic rings. The first kappa shape index (κ1) is 15.3. The Hall–Kier alpha value is -2.08. The van der Waals surface area contributed by atoms with Crippen LogP contribution in [0, 0.1) is 12.7 Å². The molecule has 0 spiro atoms. The minimum atomic E-state index is -1.18. The molecule has 0 amide bonds. The second-order valence-electron chi connectivity index (χ2n) is 4.40. The van der Waals surface area contributed by atoms with E-state index in [9.17, 15) is 9.18 Å². The zero-order chi connectivity index (χ0) is 15.6. The highest BCUT2D eigenvalue weighted by Crippen LogP contribution is 2.25. The zero-order valence-electron chi connectivity index (χ0n) is 11.6. The predicted octanol–water partition coefficient (Wildman–Crippen LogP) is 3.28. The summed E-state index contributed by atoms with van der Waals surface area (Å²) in [5.74, 6) is -1.79. The third kappa shape index (κ3) is 3.16. The lowest BCUT2D eigenvalue weighted by Gasteiger charge is -2.10. The number of carbonyl (C=O) groups is 1. The first-order valence-corrected chi connectivity index (χ1v) is 6.69. The quantitative estimate of drug-likeness (QED) is 0.920. The summed E-state index contributed by atoms with van der Waals surface area (Å²) in [7, 11) is 0. The minimum Gasteiger partial charge on any atom is -0.486 e. The Balaban J connectivity index is 2.28. The van der Waals surface area contributed by atoms with Gasteiger partial charge in [-0.15, -0.1) is 0 Å². The number of hydrogen-bond donors (Lipinski definition) is 1. The van der Waals surface area contributed by atoms with Crippen molar-refractivity contribution in [2.75, 3.05) is 0 Å². The average Bonchev–Trinajstić information content (AvgIpc) is 2.71. The number of nitrogens with zero attached hydrogens (tertiary/aromatic N) is 2. The summed E-state index contributed by atoms with van der Waals surface area (Å²) in [5.41, 5.74) is 1.18. The second-order valence-corrected chi connectivity index (χ2v) is 4.77. The average molecular weight is 313 g/mol. The number of ether oxygens (including phenoxy) is 1. The molecule has 1 aromatic carbocycles. The number of aryl methyl sites for hydroxylation is 2. The van der Waals surface area contributed by atoms with E-state index in [0.29, 0.717) is 23.0 Å². The first-order valence-electron chi connectivity index (χ1n) is 6.31. The van der Waals surface area contributed by atoms with Crippen molar-refractivity contribution in [3.05, 3.63) is 46.0 Å². The van der Waals surface area contributed by atoms with Crippen LogP contribution in [-0.2, 0) is 13.2 Å². The van der Waals surface area contributed by atoms with E-state index >= 15 is 0 Å². The fourth-order valence-corrected chi connectivity index (χ4v) is 2.14. The van der Waals surface area contributed by atoms with Crippen LogP contribution < -0.4 is 4.74 Å². The Morgan fingerprint density at radius 3 is 2.86 bits per heavy atom. The fourth-order valence-electron chi connectivity index (χ4n) is 1.95. The molecule has 1 N–H and O–H groups in total. The molecular formula is C14H14ClFN2O3. The lowest BCUT2D eigenvalue weighted by atomic mass is 10.2. The summed E-state index contributed by atoms with van der Waals surface area (Å²) < 4.78 is 20.3. The van der Waals surface area contributed by atoms with Crippen LogP contribution in [0.2, 0.25) is 5.02 Å². The van der Waals surface area contributed by atoms with Crippen molar-refractivity contribution in [3.63, 3.8) is 0 Å². The maximum absolute atomic E-state index is 13.2. The van der Waals surface area contributed by atoms with Gasteiger partial charge in [-0.3, -0.25) is 4.68 Å². The van der Waals surface area contributed by atoms with Gasteiger partial charge in [0.05, 0.1) is 16.4 Å². The van der Waals surface area contributed by atoms with E-state index < -0.39 is 11.8 Å². The smallest absolute Gasteiger partial charge is 0.339 e. The summed E-state index contributed by atoms with van der Waals surface area (Å²) in [6.45, 7) is 4.28. The van der Waals surface area contributed by atoms with Crippen LogP contribution in [-0.4, -0.2) is 20.9 Å². The standard InChI is InChI=1S/C14H14ClFN2O3/c1-3-18-11(13(15)8(2)17-18)7-21-12-6-9(16)4-5-10(12)14(19)20/h4-6H,3,7H2,1-2H3,(H,19,20). The van der Waals surface area contributed by atoms with Gasteiger partial charge in [0.15, 0.2) is 0 Å². The first-order chi connectivity index (χ1) is 9.93. The van der Waals surface area contributed by atoms with E-state index in [-0.39, 0.29) is 17.9 Å². The molecule has 0 aliphatic heterocycles. The molecule has 0 fully saturated rings. The van der Waals surface area contributed by atoms with Gasteiger partial charge in [0.2, 0.25) is 0 Å². The van der Waals surface area contributed by atoms with Gasteiger partial charge < -0.3 is 9.84 Å². The number of carboxylic acids is 1. The van der Waals surface area contributed by atoms with E-state index in [2.05, 4.69) is 5.10 Å². The molecule has 1 heterocycles. The molecule has 0 saturated heterocycles. The zero-order valence-corrected chi connectivity index (χ0v) is 12.3. The molecule has 112 valence electrons. The van der Waals surface area contributed by atoms with Crippen molar-refractivity contribution in [3.8, 4) is 5.75 Å². The van der Waals surface area contributed by atoms with Gasteiger partial charge in [0, 0.05) is 12.6 Å². The molecule has 7 heteroatoms. The topological polar surface area (TPSA) is 64.4 Å². The molecule has 0 aliphatic carbocycles. The number of benzene rings is 1. The Labute approximate surface area is 125 Å². The molecule has 0 unspecified atom stereocenters. The van der Waals surface area contributed by atoms with Crippen LogP contribution in [0.1, 0.15) is 28.7 Å². The molecule has 1 aromatic heterocycles. The highest BCUT2D eigenvalue weighted by molar-refractivity contribution is 6.31. The van der Waals surface area contributed by atoms with E-state index in [4.69, 9.17) is 21.4 Å². The Bertz CT molecular complexity index is 685.